The molecule has 2 saturated heterocycles. The van der Waals surface area contributed by atoms with E-state index >= 15 is 0 Å². The van der Waals surface area contributed by atoms with Gasteiger partial charge < -0.3 is 33.2 Å². The van der Waals surface area contributed by atoms with Gasteiger partial charge in [0.1, 0.15) is 12.2 Å². The Balaban J connectivity index is 1.24. The van der Waals surface area contributed by atoms with Gasteiger partial charge in [-0.1, -0.05) is 18.2 Å². The summed E-state index contributed by atoms with van der Waals surface area (Å²) >= 11 is 0. The molecule has 1 unspecified atom stereocenters. The minimum absolute atomic E-state index is 0.0526. The zero-order valence-electron chi connectivity index (χ0n) is 25.3. The lowest BCUT2D eigenvalue weighted by molar-refractivity contribution is -0.135. The lowest BCUT2D eigenvalue weighted by Gasteiger charge is -2.42. The number of aliphatic hydroxyl groups is 1. The molecule has 0 radical (unpaired) electrons. The van der Waals surface area contributed by atoms with E-state index in [2.05, 4.69) is 17.0 Å². The number of hydrogen-bond donors (Lipinski definition) is 1. The van der Waals surface area contributed by atoms with Crippen molar-refractivity contribution in [3.63, 3.8) is 0 Å². The van der Waals surface area contributed by atoms with Crippen LogP contribution >= 0.6 is 8.60 Å². The molecule has 230 valence electrons. The van der Waals surface area contributed by atoms with Crippen LogP contribution < -0.4 is 4.90 Å². The maximum Gasteiger partial charge on any atom is 0.414 e. The summed E-state index contributed by atoms with van der Waals surface area (Å²) in [7, 11) is -1.49. The van der Waals surface area contributed by atoms with E-state index in [9.17, 15) is 14.7 Å². The van der Waals surface area contributed by atoms with Crippen LogP contribution in [0.15, 0.2) is 24.3 Å². The van der Waals surface area contributed by atoms with Gasteiger partial charge in [0.05, 0.1) is 25.0 Å². The average molecular weight is 594 g/mol. The number of carbonyl (C=O) groups excluding carboxylic acids is 2. The molecule has 3 aliphatic heterocycles. The molecular weight excluding hydrogens is 545 g/mol. The Morgan fingerprint density at radius 1 is 1.02 bits per heavy atom. The molecule has 1 atom stereocenters. The Hall–Kier alpha value is -1.81. The first-order valence-electron chi connectivity index (χ1n) is 15.0. The van der Waals surface area contributed by atoms with Gasteiger partial charge in [0.15, 0.2) is 0 Å². The zero-order valence-corrected chi connectivity index (χ0v) is 26.2. The maximum atomic E-state index is 13.0. The first-order valence-corrected chi connectivity index (χ1v) is 16.1. The Morgan fingerprint density at radius 2 is 1.66 bits per heavy atom. The van der Waals surface area contributed by atoms with Crippen molar-refractivity contribution in [1.82, 2.24) is 9.80 Å². The number of amides is 2. The molecule has 10 nitrogen and oxygen atoms in total. The predicted octanol–water partition coefficient (Wildman–Crippen LogP) is 4.69. The predicted molar refractivity (Wildman–Crippen MR) is 159 cm³/mol. The van der Waals surface area contributed by atoms with E-state index in [4.69, 9.17) is 18.3 Å². The molecule has 1 aromatic carbocycles. The molecule has 2 amide bonds. The molecular formula is C30H48N3O7P. The van der Waals surface area contributed by atoms with Gasteiger partial charge >= 0.3 is 14.7 Å². The second-order valence-electron chi connectivity index (χ2n) is 12.3. The van der Waals surface area contributed by atoms with Crippen LogP contribution in [0.3, 0.4) is 0 Å². The number of nitrogens with zero attached hydrogens (tertiary/aromatic N) is 3. The number of aliphatic hydroxyl groups excluding tert-OH is 1. The van der Waals surface area contributed by atoms with Crippen molar-refractivity contribution in [1.29, 1.82) is 0 Å². The highest BCUT2D eigenvalue weighted by Gasteiger charge is 2.47. The van der Waals surface area contributed by atoms with Crippen LogP contribution in [0.4, 0.5) is 10.5 Å². The minimum atomic E-state index is -1.49. The molecule has 41 heavy (non-hydrogen) atoms. The fourth-order valence-electron chi connectivity index (χ4n) is 6.17. The number of likely N-dealkylation sites (tertiary alicyclic amines) is 2. The minimum Gasteiger partial charge on any atom is -0.443 e. The Morgan fingerprint density at radius 3 is 2.27 bits per heavy atom. The molecule has 0 bridgehead atoms. The number of fused-ring (bicyclic) bond motifs is 2. The Labute approximate surface area is 246 Å². The smallest absolute Gasteiger partial charge is 0.414 e. The lowest BCUT2D eigenvalue weighted by Crippen LogP contribution is -2.50. The van der Waals surface area contributed by atoms with Crippen molar-refractivity contribution in [3.8, 4) is 0 Å². The second-order valence-corrected chi connectivity index (χ2v) is 13.5. The summed E-state index contributed by atoms with van der Waals surface area (Å²) < 4.78 is 22.1. The standard InChI is InChI=1S/C30H48N3O7P/c1-6-37-41(38-7-2)39-21-27(35)32-16-12-23(13-17-32)26(34)20-31-18-14-30(15-19-31)22-33(28(36)40-29(3,4)5)25-11-9-8-10-24(25)30/h8-11,23,26,34H,6-7,12-22H2,1-5H3. The summed E-state index contributed by atoms with van der Waals surface area (Å²) in [6.45, 7) is 14.5. The largest absolute Gasteiger partial charge is 0.443 e. The fraction of sp³-hybridized carbons (Fsp3) is 0.733. The number of β-amino-alcohol motifs (C(OH)–C–C–N with tert-alkyl or cyclic N) is 1. The van der Waals surface area contributed by atoms with Crippen molar-refractivity contribution < 1.29 is 33.0 Å². The third-order valence-corrected chi connectivity index (χ3v) is 9.58. The highest BCUT2D eigenvalue weighted by atomic mass is 31.2. The first kappa shape index (κ1) is 32.1. The quantitative estimate of drug-likeness (QED) is 0.390. The van der Waals surface area contributed by atoms with Gasteiger partial charge in [-0.2, -0.15) is 0 Å². The van der Waals surface area contributed by atoms with Crippen LogP contribution in [-0.2, 0) is 28.5 Å². The summed E-state index contributed by atoms with van der Waals surface area (Å²) in [4.78, 5) is 31.7. The Bertz CT molecular complexity index is 1010. The third-order valence-electron chi connectivity index (χ3n) is 8.30. The molecule has 2 fully saturated rings. The molecule has 1 aromatic rings. The normalized spacial score (nSPS) is 20.5. The molecule has 0 aliphatic carbocycles. The van der Waals surface area contributed by atoms with Gasteiger partial charge in [-0.3, -0.25) is 9.69 Å². The van der Waals surface area contributed by atoms with Crippen molar-refractivity contribution in [2.45, 2.75) is 77.4 Å². The second kappa shape index (κ2) is 14.1. The van der Waals surface area contributed by atoms with E-state index in [0.717, 1.165) is 44.5 Å². The molecule has 11 heteroatoms. The highest BCUT2D eigenvalue weighted by molar-refractivity contribution is 7.41. The van der Waals surface area contributed by atoms with Gasteiger partial charge in [-0.15, -0.1) is 0 Å². The summed E-state index contributed by atoms with van der Waals surface area (Å²) in [6.07, 6.45) is 2.67. The van der Waals surface area contributed by atoms with Crippen LogP contribution in [0.2, 0.25) is 0 Å². The monoisotopic (exact) mass is 593 g/mol. The van der Waals surface area contributed by atoms with Crippen LogP contribution in [0.25, 0.3) is 0 Å². The first-order chi connectivity index (χ1) is 19.5. The molecule has 4 rings (SSSR count). The number of anilines is 1. The summed E-state index contributed by atoms with van der Waals surface area (Å²) in [5.74, 6) is 0.0955. The van der Waals surface area contributed by atoms with Crippen LogP contribution in [0, 0.1) is 5.92 Å². The average Bonchev–Trinajstić information content (AvgIpc) is 3.26. The van der Waals surface area contributed by atoms with E-state index in [0.29, 0.717) is 39.4 Å². The number of benzene rings is 1. The molecule has 0 saturated carbocycles. The van der Waals surface area contributed by atoms with Crippen molar-refractivity contribution >= 4 is 26.3 Å². The summed E-state index contributed by atoms with van der Waals surface area (Å²) in [5, 5.41) is 11.1. The fourth-order valence-corrected chi connectivity index (χ4v) is 7.03. The van der Waals surface area contributed by atoms with E-state index < -0.39 is 20.3 Å². The SMILES string of the molecule is CCOP(OCC)OCC(=O)N1CCC(C(O)CN2CCC3(CC2)CN(C(=O)OC(C)(C)C)c2ccccc23)CC1. The van der Waals surface area contributed by atoms with Crippen molar-refractivity contribution in [3.05, 3.63) is 29.8 Å². The van der Waals surface area contributed by atoms with Gasteiger partial charge in [-0.25, -0.2) is 4.79 Å². The Kier molecular flexibility index (Phi) is 11.0. The zero-order chi connectivity index (χ0) is 29.6. The van der Waals surface area contributed by atoms with Crippen LogP contribution in [0.5, 0.6) is 0 Å². The molecule has 1 spiro atoms. The topological polar surface area (TPSA) is 101 Å². The van der Waals surface area contributed by atoms with E-state index in [1.165, 1.54) is 5.56 Å². The number of carbonyl (C=O) groups is 2. The third kappa shape index (κ3) is 8.18. The molecule has 0 aromatic heterocycles. The van der Waals surface area contributed by atoms with Crippen LogP contribution in [0.1, 0.15) is 65.9 Å². The van der Waals surface area contributed by atoms with Crippen molar-refractivity contribution in [2.75, 3.05) is 64.0 Å². The van der Waals surface area contributed by atoms with Gasteiger partial charge in [0, 0.05) is 31.6 Å². The van der Waals surface area contributed by atoms with Gasteiger partial charge in [-0.05, 0) is 90.9 Å². The molecule has 1 N–H and O–H groups in total. The number of ether oxygens (including phenoxy) is 1. The van der Waals surface area contributed by atoms with Crippen LogP contribution in [-0.4, -0.2) is 97.7 Å². The highest BCUT2D eigenvalue weighted by Crippen LogP contribution is 2.47. The molecule has 3 heterocycles. The van der Waals surface area contributed by atoms with Crippen molar-refractivity contribution in [2.24, 2.45) is 5.92 Å². The summed E-state index contributed by atoms with van der Waals surface area (Å²) in [6, 6.07) is 8.20. The number of rotatable bonds is 10. The van der Waals surface area contributed by atoms with Gasteiger partial charge in [0.2, 0.25) is 5.91 Å². The number of piperidine rings is 2. The molecule has 3 aliphatic rings. The van der Waals surface area contributed by atoms with E-state index in [1.54, 1.807) is 4.90 Å². The van der Waals surface area contributed by atoms with Gasteiger partial charge in [0.25, 0.3) is 0 Å². The summed E-state index contributed by atoms with van der Waals surface area (Å²) in [5.41, 5.74) is 1.54. The lowest BCUT2D eigenvalue weighted by atomic mass is 9.74. The number of para-hydroxylation sites is 1. The maximum absolute atomic E-state index is 13.0. The number of hydrogen-bond acceptors (Lipinski definition) is 8. The van der Waals surface area contributed by atoms with E-state index in [1.807, 2.05) is 51.7 Å². The van der Waals surface area contributed by atoms with E-state index in [-0.39, 0.29) is 29.9 Å².